The van der Waals surface area contributed by atoms with Crippen LogP contribution in [0.1, 0.15) is 33.6 Å². The molecule has 1 heterocycles. The van der Waals surface area contributed by atoms with Gasteiger partial charge in [-0.25, -0.2) is 8.78 Å². The first-order valence-electron chi connectivity index (χ1n) is 9.16. The van der Waals surface area contributed by atoms with E-state index >= 15 is 0 Å². The Morgan fingerprint density at radius 1 is 1.28 bits per heavy atom. The zero-order valence-corrected chi connectivity index (χ0v) is 15.4. The molecule has 2 rings (SSSR count). The Morgan fingerprint density at radius 2 is 1.92 bits per heavy atom. The number of nitrogens with zero attached hydrogens (tertiary/aromatic N) is 2. The zero-order valence-electron chi connectivity index (χ0n) is 15.4. The van der Waals surface area contributed by atoms with E-state index in [-0.39, 0.29) is 17.6 Å². The predicted octanol–water partition coefficient (Wildman–Crippen LogP) is 3.35. The van der Waals surface area contributed by atoms with E-state index in [1.165, 1.54) is 0 Å². The Kier molecular flexibility index (Phi) is 7.32. The smallest absolute Gasteiger partial charge is 0.241 e. The third-order valence-electron chi connectivity index (χ3n) is 5.17. The molecule has 6 heteroatoms. The second kappa shape index (κ2) is 9.25. The van der Waals surface area contributed by atoms with Crippen molar-refractivity contribution in [2.75, 3.05) is 38.0 Å². The largest absolute Gasteiger partial charge is 0.322 e. The molecule has 4 nitrogen and oxygen atoms in total. The Balaban J connectivity index is 1.86. The number of nitrogens with one attached hydrogen (secondary N) is 1. The van der Waals surface area contributed by atoms with E-state index in [2.05, 4.69) is 29.0 Å². The SMILES string of the molecule is CCN(CC)CC1CCN([C@H](C)C(=O)Nc2cc(F)ccc2F)CC1. The van der Waals surface area contributed by atoms with Gasteiger partial charge in [0.2, 0.25) is 5.91 Å². The van der Waals surface area contributed by atoms with E-state index in [0.717, 1.165) is 63.8 Å². The van der Waals surface area contributed by atoms with E-state index in [4.69, 9.17) is 0 Å². The summed E-state index contributed by atoms with van der Waals surface area (Å²) in [6, 6.07) is 2.71. The number of rotatable bonds is 7. The highest BCUT2D eigenvalue weighted by atomic mass is 19.1. The number of piperidine rings is 1. The highest BCUT2D eigenvalue weighted by molar-refractivity contribution is 5.94. The Labute approximate surface area is 149 Å². The second-order valence-electron chi connectivity index (χ2n) is 6.75. The number of benzene rings is 1. The third-order valence-corrected chi connectivity index (χ3v) is 5.17. The topological polar surface area (TPSA) is 35.6 Å². The number of carbonyl (C=O) groups is 1. The Hall–Kier alpha value is -1.53. The summed E-state index contributed by atoms with van der Waals surface area (Å²) in [5.41, 5.74) is -0.103. The van der Waals surface area contributed by atoms with Crippen molar-refractivity contribution in [1.82, 2.24) is 9.80 Å². The maximum Gasteiger partial charge on any atom is 0.241 e. The van der Waals surface area contributed by atoms with Crippen LogP contribution in [0.25, 0.3) is 0 Å². The second-order valence-corrected chi connectivity index (χ2v) is 6.75. The number of hydrogen-bond donors (Lipinski definition) is 1. The summed E-state index contributed by atoms with van der Waals surface area (Å²) < 4.78 is 26.9. The molecule has 1 amide bonds. The molecule has 0 spiro atoms. The Bertz CT molecular complexity index is 570. The number of halogens is 2. The molecule has 1 N–H and O–H groups in total. The van der Waals surface area contributed by atoms with Gasteiger partial charge in [0.25, 0.3) is 0 Å². The summed E-state index contributed by atoms with van der Waals surface area (Å²) in [7, 11) is 0. The van der Waals surface area contributed by atoms with Crippen molar-refractivity contribution in [3.63, 3.8) is 0 Å². The molecule has 1 aliphatic rings. The monoisotopic (exact) mass is 353 g/mol. The maximum absolute atomic E-state index is 13.7. The van der Waals surface area contributed by atoms with Gasteiger partial charge in [-0.2, -0.15) is 0 Å². The molecule has 1 saturated heterocycles. The lowest BCUT2D eigenvalue weighted by Gasteiger charge is -2.37. The van der Waals surface area contributed by atoms with Gasteiger partial charge in [-0.3, -0.25) is 9.69 Å². The lowest BCUT2D eigenvalue weighted by atomic mass is 9.95. The van der Waals surface area contributed by atoms with Crippen LogP contribution >= 0.6 is 0 Å². The summed E-state index contributed by atoms with van der Waals surface area (Å²) in [4.78, 5) is 16.9. The number of amides is 1. The molecule has 0 aliphatic carbocycles. The van der Waals surface area contributed by atoms with Crippen LogP contribution in [0.15, 0.2) is 18.2 Å². The number of hydrogen-bond acceptors (Lipinski definition) is 3. The van der Waals surface area contributed by atoms with Crippen molar-refractivity contribution >= 4 is 11.6 Å². The molecule has 0 bridgehead atoms. The average molecular weight is 353 g/mol. The third kappa shape index (κ3) is 5.47. The van der Waals surface area contributed by atoms with Crippen LogP contribution in [0, 0.1) is 17.6 Å². The fraction of sp³-hybridized carbons (Fsp3) is 0.632. The van der Waals surface area contributed by atoms with Crippen molar-refractivity contribution < 1.29 is 13.6 Å². The molecule has 140 valence electrons. The van der Waals surface area contributed by atoms with Crippen molar-refractivity contribution in [2.45, 2.75) is 39.7 Å². The van der Waals surface area contributed by atoms with Crippen molar-refractivity contribution in [3.8, 4) is 0 Å². The molecule has 1 atom stereocenters. The molecule has 1 aliphatic heterocycles. The lowest BCUT2D eigenvalue weighted by Crippen LogP contribution is -2.47. The number of likely N-dealkylation sites (tertiary alicyclic amines) is 1. The van der Waals surface area contributed by atoms with Gasteiger partial charge in [0.15, 0.2) is 0 Å². The van der Waals surface area contributed by atoms with Gasteiger partial charge in [0, 0.05) is 12.6 Å². The minimum atomic E-state index is -0.625. The summed E-state index contributed by atoms with van der Waals surface area (Å²) >= 11 is 0. The molecule has 1 aromatic rings. The molecule has 0 aromatic heterocycles. The zero-order chi connectivity index (χ0) is 18.4. The van der Waals surface area contributed by atoms with Crippen LogP contribution in [0.2, 0.25) is 0 Å². The molecular weight excluding hydrogens is 324 g/mol. The summed E-state index contributed by atoms with van der Waals surface area (Å²) in [6.45, 7) is 11.1. The van der Waals surface area contributed by atoms with Crippen LogP contribution in [-0.4, -0.2) is 54.5 Å². The minimum absolute atomic E-state index is 0.103. The first-order chi connectivity index (χ1) is 11.9. The highest BCUT2D eigenvalue weighted by Crippen LogP contribution is 2.21. The predicted molar refractivity (Wildman–Crippen MR) is 96.5 cm³/mol. The fourth-order valence-corrected chi connectivity index (χ4v) is 3.37. The van der Waals surface area contributed by atoms with E-state index in [0.29, 0.717) is 5.92 Å². The van der Waals surface area contributed by atoms with Gasteiger partial charge >= 0.3 is 0 Å². The van der Waals surface area contributed by atoms with Crippen molar-refractivity contribution in [3.05, 3.63) is 29.8 Å². The van der Waals surface area contributed by atoms with E-state index in [1.807, 2.05) is 6.92 Å². The lowest BCUT2D eigenvalue weighted by molar-refractivity contribution is -0.121. The van der Waals surface area contributed by atoms with E-state index in [1.54, 1.807) is 0 Å². The molecule has 0 radical (unpaired) electrons. The van der Waals surface area contributed by atoms with Gasteiger partial charge in [-0.05, 0) is 64.0 Å². The van der Waals surface area contributed by atoms with Crippen LogP contribution in [-0.2, 0) is 4.79 Å². The standard InChI is InChI=1S/C19H29F2N3O/c1-4-23(5-2)13-15-8-10-24(11-9-15)14(3)19(25)22-18-12-16(20)6-7-17(18)21/h6-7,12,14-15H,4-5,8-11,13H2,1-3H3,(H,22,25)/t14-/m1/s1. The number of carbonyl (C=O) groups excluding carboxylic acids is 1. The van der Waals surface area contributed by atoms with Gasteiger partial charge < -0.3 is 10.2 Å². The van der Waals surface area contributed by atoms with E-state index < -0.39 is 11.6 Å². The normalized spacial score (nSPS) is 17.7. The maximum atomic E-state index is 13.7. The van der Waals surface area contributed by atoms with Crippen LogP contribution in [0.5, 0.6) is 0 Å². The minimum Gasteiger partial charge on any atom is -0.322 e. The fourth-order valence-electron chi connectivity index (χ4n) is 3.37. The first-order valence-corrected chi connectivity index (χ1v) is 9.16. The van der Waals surface area contributed by atoms with Gasteiger partial charge in [-0.1, -0.05) is 13.8 Å². The Morgan fingerprint density at radius 3 is 2.52 bits per heavy atom. The molecule has 1 fully saturated rings. The summed E-state index contributed by atoms with van der Waals surface area (Å²) in [5.74, 6) is -0.833. The van der Waals surface area contributed by atoms with Gasteiger partial charge in [0.1, 0.15) is 11.6 Å². The van der Waals surface area contributed by atoms with Crippen molar-refractivity contribution in [2.24, 2.45) is 5.92 Å². The summed E-state index contributed by atoms with van der Waals surface area (Å²) in [5, 5.41) is 2.51. The molecule has 1 aromatic carbocycles. The van der Waals surface area contributed by atoms with Crippen LogP contribution in [0.3, 0.4) is 0 Å². The van der Waals surface area contributed by atoms with Gasteiger partial charge in [0.05, 0.1) is 11.7 Å². The van der Waals surface area contributed by atoms with Crippen LogP contribution in [0.4, 0.5) is 14.5 Å². The summed E-state index contributed by atoms with van der Waals surface area (Å²) in [6.07, 6.45) is 2.12. The van der Waals surface area contributed by atoms with Gasteiger partial charge in [-0.15, -0.1) is 0 Å². The molecule has 0 unspecified atom stereocenters. The number of anilines is 1. The van der Waals surface area contributed by atoms with Crippen LogP contribution < -0.4 is 5.32 Å². The average Bonchev–Trinajstić information content (AvgIpc) is 2.62. The van der Waals surface area contributed by atoms with Crippen molar-refractivity contribution in [1.29, 1.82) is 0 Å². The molecule has 0 saturated carbocycles. The van der Waals surface area contributed by atoms with E-state index in [9.17, 15) is 13.6 Å². The molecule has 25 heavy (non-hydrogen) atoms. The highest BCUT2D eigenvalue weighted by Gasteiger charge is 2.27. The molecular formula is C19H29F2N3O. The first kappa shape index (κ1) is 19.8. The quantitative estimate of drug-likeness (QED) is 0.817.